The molecule has 0 aromatic rings. The standard InChI is InChI=1S/C7H15NO2/c1-4(9)7(5(2)10)3-6(7)8/h4-6,9-10H,3,8H2,1-2H3. The van der Waals surface area contributed by atoms with E-state index in [1.165, 1.54) is 0 Å². The van der Waals surface area contributed by atoms with Gasteiger partial charge >= 0.3 is 0 Å². The molecule has 0 aromatic carbocycles. The average Bonchev–Trinajstić information content (AvgIpc) is 2.42. The fourth-order valence-corrected chi connectivity index (χ4v) is 1.63. The van der Waals surface area contributed by atoms with Crippen LogP contribution in [-0.2, 0) is 0 Å². The minimum absolute atomic E-state index is 0.0208. The van der Waals surface area contributed by atoms with E-state index in [1.54, 1.807) is 13.8 Å². The monoisotopic (exact) mass is 145 g/mol. The molecule has 3 unspecified atom stereocenters. The van der Waals surface area contributed by atoms with Crippen molar-refractivity contribution in [1.82, 2.24) is 0 Å². The van der Waals surface area contributed by atoms with E-state index < -0.39 is 17.6 Å². The highest BCUT2D eigenvalue weighted by molar-refractivity contribution is 5.12. The fourth-order valence-electron chi connectivity index (χ4n) is 1.63. The molecular formula is C7H15NO2. The van der Waals surface area contributed by atoms with Crippen molar-refractivity contribution in [3.8, 4) is 0 Å². The van der Waals surface area contributed by atoms with Gasteiger partial charge in [-0.25, -0.2) is 0 Å². The van der Waals surface area contributed by atoms with Crippen molar-refractivity contribution in [2.75, 3.05) is 0 Å². The number of aliphatic hydroxyl groups excluding tert-OH is 2. The largest absolute Gasteiger partial charge is 0.393 e. The van der Waals surface area contributed by atoms with Crippen molar-refractivity contribution >= 4 is 0 Å². The molecule has 0 spiro atoms. The summed E-state index contributed by atoms with van der Waals surface area (Å²) in [7, 11) is 0. The van der Waals surface area contributed by atoms with Gasteiger partial charge in [-0.2, -0.15) is 0 Å². The summed E-state index contributed by atoms with van der Waals surface area (Å²) in [5.41, 5.74) is 5.18. The van der Waals surface area contributed by atoms with Gasteiger partial charge < -0.3 is 15.9 Å². The van der Waals surface area contributed by atoms with Crippen LogP contribution in [0.5, 0.6) is 0 Å². The zero-order valence-corrected chi connectivity index (χ0v) is 6.41. The third-order valence-electron chi connectivity index (χ3n) is 2.66. The normalized spacial score (nSPS) is 44.7. The Balaban J connectivity index is 2.64. The molecule has 0 radical (unpaired) electrons. The van der Waals surface area contributed by atoms with Gasteiger partial charge in [-0.15, -0.1) is 0 Å². The molecule has 60 valence electrons. The second-order valence-electron chi connectivity index (χ2n) is 3.27. The third-order valence-corrected chi connectivity index (χ3v) is 2.66. The lowest BCUT2D eigenvalue weighted by molar-refractivity contribution is 0.0109. The maximum atomic E-state index is 9.24. The molecule has 1 saturated carbocycles. The van der Waals surface area contributed by atoms with Gasteiger partial charge in [-0.1, -0.05) is 0 Å². The molecule has 1 aliphatic rings. The Morgan fingerprint density at radius 3 is 1.70 bits per heavy atom. The summed E-state index contributed by atoms with van der Waals surface area (Å²) in [6.45, 7) is 3.36. The second-order valence-corrected chi connectivity index (χ2v) is 3.27. The van der Waals surface area contributed by atoms with Crippen LogP contribution in [-0.4, -0.2) is 28.5 Å². The van der Waals surface area contributed by atoms with E-state index in [1.807, 2.05) is 0 Å². The molecule has 1 aliphatic carbocycles. The van der Waals surface area contributed by atoms with E-state index in [0.717, 1.165) is 6.42 Å². The second kappa shape index (κ2) is 2.19. The molecular weight excluding hydrogens is 130 g/mol. The van der Waals surface area contributed by atoms with Gasteiger partial charge in [-0.05, 0) is 20.3 Å². The van der Waals surface area contributed by atoms with Crippen LogP contribution in [0.25, 0.3) is 0 Å². The Bertz CT molecular complexity index is 126. The number of nitrogens with two attached hydrogens (primary N) is 1. The van der Waals surface area contributed by atoms with E-state index in [4.69, 9.17) is 5.73 Å². The van der Waals surface area contributed by atoms with Crippen LogP contribution >= 0.6 is 0 Å². The van der Waals surface area contributed by atoms with E-state index in [2.05, 4.69) is 0 Å². The summed E-state index contributed by atoms with van der Waals surface area (Å²) < 4.78 is 0. The van der Waals surface area contributed by atoms with Crippen LogP contribution in [0.3, 0.4) is 0 Å². The van der Waals surface area contributed by atoms with Crippen molar-refractivity contribution in [2.24, 2.45) is 11.1 Å². The first-order valence-electron chi connectivity index (χ1n) is 3.63. The summed E-state index contributed by atoms with van der Waals surface area (Å²) in [6, 6.07) is -0.0208. The van der Waals surface area contributed by atoms with E-state index in [-0.39, 0.29) is 6.04 Å². The maximum absolute atomic E-state index is 9.24. The third kappa shape index (κ3) is 0.856. The van der Waals surface area contributed by atoms with Gasteiger partial charge in [0.25, 0.3) is 0 Å². The predicted molar refractivity (Wildman–Crippen MR) is 38.4 cm³/mol. The topological polar surface area (TPSA) is 66.5 Å². The minimum Gasteiger partial charge on any atom is -0.393 e. The van der Waals surface area contributed by atoms with E-state index in [9.17, 15) is 10.2 Å². The first kappa shape index (κ1) is 7.98. The number of aliphatic hydroxyl groups is 2. The Kier molecular flexibility index (Phi) is 1.75. The highest BCUT2D eigenvalue weighted by atomic mass is 16.3. The van der Waals surface area contributed by atoms with Gasteiger partial charge in [-0.3, -0.25) is 0 Å². The summed E-state index contributed by atoms with van der Waals surface area (Å²) in [5.74, 6) is 0. The summed E-state index contributed by atoms with van der Waals surface area (Å²) >= 11 is 0. The quantitative estimate of drug-likeness (QED) is 0.489. The van der Waals surface area contributed by atoms with Crippen LogP contribution in [0.4, 0.5) is 0 Å². The average molecular weight is 145 g/mol. The van der Waals surface area contributed by atoms with E-state index in [0.29, 0.717) is 0 Å². The smallest absolute Gasteiger partial charge is 0.0608 e. The lowest BCUT2D eigenvalue weighted by atomic mass is 9.93. The van der Waals surface area contributed by atoms with Gasteiger partial charge in [0, 0.05) is 11.5 Å². The van der Waals surface area contributed by atoms with Gasteiger partial charge in [0.2, 0.25) is 0 Å². The van der Waals surface area contributed by atoms with Crippen molar-refractivity contribution in [1.29, 1.82) is 0 Å². The fraction of sp³-hybridized carbons (Fsp3) is 1.00. The van der Waals surface area contributed by atoms with Crippen LogP contribution in [0.15, 0.2) is 0 Å². The Morgan fingerprint density at radius 2 is 1.70 bits per heavy atom. The lowest BCUT2D eigenvalue weighted by Gasteiger charge is -2.22. The SMILES string of the molecule is CC(O)C1(C(C)O)CC1N. The van der Waals surface area contributed by atoms with Crippen molar-refractivity contribution in [2.45, 2.75) is 38.5 Å². The zero-order valence-electron chi connectivity index (χ0n) is 6.41. The Hall–Kier alpha value is -0.120. The van der Waals surface area contributed by atoms with Gasteiger partial charge in [0.05, 0.1) is 12.2 Å². The van der Waals surface area contributed by atoms with Gasteiger partial charge in [0.15, 0.2) is 0 Å². The molecule has 0 aliphatic heterocycles. The summed E-state index contributed by atoms with van der Waals surface area (Å²) in [4.78, 5) is 0. The predicted octanol–water partition coefficient (Wildman–Crippen LogP) is -0.535. The lowest BCUT2D eigenvalue weighted by Crippen LogP contribution is -2.35. The molecule has 0 amide bonds. The number of hydrogen-bond acceptors (Lipinski definition) is 3. The van der Waals surface area contributed by atoms with Crippen LogP contribution in [0.2, 0.25) is 0 Å². The number of rotatable bonds is 2. The molecule has 0 bridgehead atoms. The van der Waals surface area contributed by atoms with E-state index >= 15 is 0 Å². The van der Waals surface area contributed by atoms with Crippen LogP contribution in [0.1, 0.15) is 20.3 Å². The molecule has 3 nitrogen and oxygen atoms in total. The highest BCUT2D eigenvalue weighted by Gasteiger charge is 2.58. The van der Waals surface area contributed by atoms with Crippen molar-refractivity contribution in [3.05, 3.63) is 0 Å². The molecule has 3 heteroatoms. The first-order chi connectivity index (χ1) is 4.51. The molecule has 10 heavy (non-hydrogen) atoms. The minimum atomic E-state index is -0.498. The maximum Gasteiger partial charge on any atom is 0.0608 e. The Labute approximate surface area is 60.9 Å². The molecule has 1 rings (SSSR count). The van der Waals surface area contributed by atoms with Crippen molar-refractivity contribution < 1.29 is 10.2 Å². The summed E-state index contributed by atoms with van der Waals surface area (Å²) in [6.07, 6.45) is -0.257. The highest BCUT2D eigenvalue weighted by Crippen LogP contribution is 2.50. The van der Waals surface area contributed by atoms with Gasteiger partial charge in [0.1, 0.15) is 0 Å². The zero-order chi connectivity index (χ0) is 7.94. The molecule has 4 N–H and O–H groups in total. The first-order valence-corrected chi connectivity index (χ1v) is 3.63. The Morgan fingerprint density at radius 1 is 1.40 bits per heavy atom. The van der Waals surface area contributed by atoms with Crippen LogP contribution < -0.4 is 5.73 Å². The number of hydrogen-bond donors (Lipinski definition) is 3. The molecule has 3 atom stereocenters. The van der Waals surface area contributed by atoms with Crippen molar-refractivity contribution in [3.63, 3.8) is 0 Å². The molecule has 1 fully saturated rings. The summed E-state index contributed by atoms with van der Waals surface area (Å²) in [5, 5.41) is 18.5. The van der Waals surface area contributed by atoms with Crippen LogP contribution in [0, 0.1) is 5.41 Å². The molecule has 0 aromatic heterocycles. The molecule has 0 saturated heterocycles. The molecule has 0 heterocycles.